The summed E-state index contributed by atoms with van der Waals surface area (Å²) in [6, 6.07) is 19.8. The Bertz CT molecular complexity index is 1040. The molecule has 0 aliphatic carbocycles. The van der Waals surface area contributed by atoms with Gasteiger partial charge in [-0.3, -0.25) is 9.59 Å². The summed E-state index contributed by atoms with van der Waals surface area (Å²) in [5.41, 5.74) is 2.55. The molecule has 2 aromatic carbocycles. The fourth-order valence-corrected chi connectivity index (χ4v) is 4.16. The first-order chi connectivity index (χ1) is 13.6. The minimum atomic E-state index is -0.650. The van der Waals surface area contributed by atoms with Gasteiger partial charge in [-0.2, -0.15) is 0 Å². The number of likely N-dealkylation sites (tertiary alicyclic amines) is 1. The minimum Gasteiger partial charge on any atom is -0.507 e. The van der Waals surface area contributed by atoms with Gasteiger partial charge in [-0.25, -0.2) is 0 Å². The molecule has 1 unspecified atom stereocenters. The maximum Gasteiger partial charge on any atom is 0.295 e. The van der Waals surface area contributed by atoms with E-state index in [9.17, 15) is 14.7 Å². The lowest BCUT2D eigenvalue weighted by Crippen LogP contribution is -2.28. The number of Topliss-reactive ketones (excluding diaryl/α,β-unsaturated/α-hetero) is 1. The van der Waals surface area contributed by atoms with Gasteiger partial charge in [0.1, 0.15) is 5.76 Å². The van der Waals surface area contributed by atoms with Crippen molar-refractivity contribution in [2.75, 3.05) is 0 Å². The SMILES string of the molecule is Cc1ccc(C2/C(=C(\O)c3ccccc3)C(=O)C(=O)N2Cc2cccs2)cc1. The maximum atomic E-state index is 12.9. The molecule has 1 aliphatic rings. The Kier molecular flexibility index (Phi) is 4.84. The van der Waals surface area contributed by atoms with E-state index in [1.54, 1.807) is 29.2 Å². The molecular formula is C23H19NO3S. The lowest BCUT2D eigenvalue weighted by Gasteiger charge is -2.25. The van der Waals surface area contributed by atoms with Crippen molar-refractivity contribution < 1.29 is 14.7 Å². The van der Waals surface area contributed by atoms with Crippen LogP contribution < -0.4 is 0 Å². The van der Waals surface area contributed by atoms with Crippen molar-refractivity contribution in [2.45, 2.75) is 19.5 Å². The van der Waals surface area contributed by atoms with E-state index in [-0.39, 0.29) is 11.3 Å². The summed E-state index contributed by atoms with van der Waals surface area (Å²) >= 11 is 1.53. The second-order valence-electron chi connectivity index (χ2n) is 6.78. The Morgan fingerprint density at radius 3 is 2.36 bits per heavy atom. The molecule has 2 heterocycles. The minimum absolute atomic E-state index is 0.136. The highest BCUT2D eigenvalue weighted by Gasteiger charge is 2.46. The summed E-state index contributed by atoms with van der Waals surface area (Å²) in [7, 11) is 0. The molecule has 3 aromatic rings. The molecule has 0 bridgehead atoms. The van der Waals surface area contributed by atoms with Crippen LogP contribution in [0, 0.1) is 6.92 Å². The summed E-state index contributed by atoms with van der Waals surface area (Å²) in [6.07, 6.45) is 0. The van der Waals surface area contributed by atoms with Crippen molar-refractivity contribution in [2.24, 2.45) is 0 Å². The molecule has 4 nitrogen and oxygen atoms in total. The van der Waals surface area contributed by atoms with Crippen LogP contribution in [0.2, 0.25) is 0 Å². The van der Waals surface area contributed by atoms with Crippen molar-refractivity contribution in [3.63, 3.8) is 0 Å². The van der Waals surface area contributed by atoms with Gasteiger partial charge in [0.2, 0.25) is 0 Å². The van der Waals surface area contributed by atoms with E-state index in [0.717, 1.165) is 16.0 Å². The topological polar surface area (TPSA) is 57.6 Å². The predicted octanol–water partition coefficient (Wildman–Crippen LogP) is 4.68. The number of thiophene rings is 1. The van der Waals surface area contributed by atoms with Crippen LogP contribution in [0.5, 0.6) is 0 Å². The third-order valence-corrected chi connectivity index (χ3v) is 5.75. The number of aliphatic hydroxyl groups is 1. The fourth-order valence-electron chi connectivity index (χ4n) is 3.46. The normalized spacial score (nSPS) is 18.6. The zero-order chi connectivity index (χ0) is 19.7. The molecule has 1 aliphatic heterocycles. The summed E-state index contributed by atoms with van der Waals surface area (Å²) in [4.78, 5) is 28.3. The zero-order valence-corrected chi connectivity index (χ0v) is 16.1. The molecule has 1 amide bonds. The molecule has 5 heteroatoms. The number of ketones is 1. The van der Waals surface area contributed by atoms with Crippen molar-refractivity contribution in [3.8, 4) is 0 Å². The number of hydrogen-bond acceptors (Lipinski definition) is 4. The molecule has 140 valence electrons. The molecule has 1 saturated heterocycles. The third kappa shape index (κ3) is 3.25. The highest BCUT2D eigenvalue weighted by molar-refractivity contribution is 7.09. The number of rotatable bonds is 4. The average Bonchev–Trinajstić information content (AvgIpc) is 3.31. The predicted molar refractivity (Wildman–Crippen MR) is 110 cm³/mol. The second-order valence-corrected chi connectivity index (χ2v) is 7.82. The third-order valence-electron chi connectivity index (χ3n) is 4.89. The summed E-state index contributed by atoms with van der Waals surface area (Å²) in [5.74, 6) is -1.38. The maximum absolute atomic E-state index is 12.9. The number of carbonyl (C=O) groups is 2. The summed E-state index contributed by atoms with van der Waals surface area (Å²) in [5, 5.41) is 12.9. The smallest absolute Gasteiger partial charge is 0.295 e. The standard InChI is InChI=1S/C23H19NO3S/c1-15-9-11-16(12-10-15)20-19(21(25)17-6-3-2-4-7-17)22(26)23(27)24(20)14-18-8-5-13-28-18/h2-13,20,25H,14H2,1H3/b21-19+. The number of nitrogens with zero attached hydrogens (tertiary/aromatic N) is 1. The highest BCUT2D eigenvalue weighted by Crippen LogP contribution is 2.40. The van der Waals surface area contributed by atoms with Gasteiger partial charge in [-0.1, -0.05) is 66.2 Å². The Hall–Kier alpha value is -3.18. The van der Waals surface area contributed by atoms with E-state index in [1.165, 1.54) is 11.3 Å². The van der Waals surface area contributed by atoms with Crippen LogP contribution in [0.4, 0.5) is 0 Å². The van der Waals surface area contributed by atoms with E-state index in [2.05, 4.69) is 0 Å². The van der Waals surface area contributed by atoms with Gasteiger partial charge in [-0.05, 0) is 23.9 Å². The van der Waals surface area contributed by atoms with Crippen molar-refractivity contribution >= 4 is 28.8 Å². The Balaban J connectivity index is 1.86. The van der Waals surface area contributed by atoms with Gasteiger partial charge >= 0.3 is 0 Å². The van der Waals surface area contributed by atoms with Crippen LogP contribution in [-0.2, 0) is 16.1 Å². The highest BCUT2D eigenvalue weighted by atomic mass is 32.1. The quantitative estimate of drug-likeness (QED) is 0.400. The van der Waals surface area contributed by atoms with Crippen molar-refractivity contribution in [3.05, 3.63) is 99.3 Å². The van der Waals surface area contributed by atoms with Crippen LogP contribution in [-0.4, -0.2) is 21.7 Å². The number of aryl methyl sites for hydroxylation is 1. The number of aliphatic hydroxyl groups excluding tert-OH is 1. The van der Waals surface area contributed by atoms with E-state index in [1.807, 2.05) is 54.8 Å². The molecule has 28 heavy (non-hydrogen) atoms. The number of hydrogen-bond donors (Lipinski definition) is 1. The van der Waals surface area contributed by atoms with Crippen LogP contribution in [0.3, 0.4) is 0 Å². The van der Waals surface area contributed by atoms with Crippen LogP contribution in [0.15, 0.2) is 77.7 Å². The molecule has 1 fully saturated rings. The fraction of sp³-hybridized carbons (Fsp3) is 0.130. The second kappa shape index (κ2) is 7.44. The van der Waals surface area contributed by atoms with Gasteiger partial charge in [0.15, 0.2) is 0 Å². The lowest BCUT2D eigenvalue weighted by atomic mass is 9.95. The monoisotopic (exact) mass is 389 g/mol. The number of amides is 1. The summed E-state index contributed by atoms with van der Waals surface area (Å²) in [6.45, 7) is 2.31. The molecule has 0 radical (unpaired) electrons. The average molecular weight is 389 g/mol. The molecular weight excluding hydrogens is 370 g/mol. The molecule has 1 N–H and O–H groups in total. The molecule has 1 aromatic heterocycles. The largest absolute Gasteiger partial charge is 0.507 e. The number of carbonyl (C=O) groups excluding carboxylic acids is 2. The van der Waals surface area contributed by atoms with Crippen molar-refractivity contribution in [1.29, 1.82) is 0 Å². The van der Waals surface area contributed by atoms with E-state index in [0.29, 0.717) is 12.1 Å². The zero-order valence-electron chi connectivity index (χ0n) is 15.3. The van der Waals surface area contributed by atoms with Gasteiger partial charge < -0.3 is 10.0 Å². The van der Waals surface area contributed by atoms with Crippen LogP contribution in [0.25, 0.3) is 5.76 Å². The first kappa shape index (κ1) is 18.2. The number of benzene rings is 2. The van der Waals surface area contributed by atoms with E-state index in [4.69, 9.17) is 0 Å². The van der Waals surface area contributed by atoms with Gasteiger partial charge in [0.05, 0.1) is 18.2 Å². The Labute approximate surface area is 167 Å². The first-order valence-corrected chi connectivity index (χ1v) is 9.87. The van der Waals surface area contributed by atoms with Crippen LogP contribution >= 0.6 is 11.3 Å². The molecule has 1 atom stereocenters. The van der Waals surface area contributed by atoms with Gasteiger partial charge in [-0.15, -0.1) is 11.3 Å². The van der Waals surface area contributed by atoms with E-state index < -0.39 is 17.7 Å². The molecule has 0 spiro atoms. The lowest BCUT2D eigenvalue weighted by molar-refractivity contribution is -0.140. The van der Waals surface area contributed by atoms with Crippen molar-refractivity contribution in [1.82, 2.24) is 4.90 Å². The Morgan fingerprint density at radius 1 is 1.00 bits per heavy atom. The molecule has 0 saturated carbocycles. The van der Waals surface area contributed by atoms with Gasteiger partial charge in [0, 0.05) is 10.4 Å². The molecule has 4 rings (SSSR count). The summed E-state index contributed by atoms with van der Waals surface area (Å²) < 4.78 is 0. The Morgan fingerprint density at radius 2 is 1.71 bits per heavy atom. The van der Waals surface area contributed by atoms with Gasteiger partial charge in [0.25, 0.3) is 11.7 Å². The first-order valence-electron chi connectivity index (χ1n) is 8.99. The van der Waals surface area contributed by atoms with E-state index >= 15 is 0 Å². The van der Waals surface area contributed by atoms with Crippen LogP contribution in [0.1, 0.15) is 27.6 Å².